The number of sulfonamides is 1. The molecule has 0 spiro atoms. The van der Waals surface area contributed by atoms with E-state index in [2.05, 4.69) is 15.0 Å². The molecule has 1 saturated heterocycles. The molecule has 1 aromatic carbocycles. The normalized spacial score (nSPS) is 16.3. The summed E-state index contributed by atoms with van der Waals surface area (Å²) in [6, 6.07) is 9.32. The van der Waals surface area contributed by atoms with Crippen molar-refractivity contribution in [1.29, 1.82) is 0 Å². The average molecular weight is 349 g/mol. The summed E-state index contributed by atoms with van der Waals surface area (Å²) in [6.07, 6.45) is 3.93. The SMILES string of the molecule is CS(=O)(=O)NC1CCN(C(=O)c2cn(-c3ccccc3)nn2)CC1. The Morgan fingerprint density at radius 3 is 2.50 bits per heavy atom. The number of amides is 1. The number of benzene rings is 1. The van der Waals surface area contributed by atoms with E-state index in [0.717, 1.165) is 11.9 Å². The van der Waals surface area contributed by atoms with Crippen LogP contribution in [-0.2, 0) is 10.0 Å². The van der Waals surface area contributed by atoms with Gasteiger partial charge in [-0.25, -0.2) is 17.8 Å². The highest BCUT2D eigenvalue weighted by molar-refractivity contribution is 7.88. The van der Waals surface area contributed by atoms with Gasteiger partial charge in [-0.05, 0) is 25.0 Å². The quantitative estimate of drug-likeness (QED) is 0.863. The molecule has 9 heteroatoms. The molecule has 1 aliphatic rings. The average Bonchev–Trinajstić information content (AvgIpc) is 3.04. The van der Waals surface area contributed by atoms with Gasteiger partial charge in [0, 0.05) is 19.1 Å². The minimum absolute atomic E-state index is 0.121. The maximum atomic E-state index is 12.5. The zero-order chi connectivity index (χ0) is 17.2. The predicted molar refractivity (Wildman–Crippen MR) is 88.3 cm³/mol. The molecule has 24 heavy (non-hydrogen) atoms. The highest BCUT2D eigenvalue weighted by Crippen LogP contribution is 2.14. The van der Waals surface area contributed by atoms with Crippen LogP contribution in [0.15, 0.2) is 36.5 Å². The molecule has 1 fully saturated rings. The largest absolute Gasteiger partial charge is 0.337 e. The molecule has 0 bridgehead atoms. The molecule has 0 aliphatic carbocycles. The third-order valence-electron chi connectivity index (χ3n) is 3.90. The number of carbonyl (C=O) groups excluding carboxylic acids is 1. The van der Waals surface area contributed by atoms with Gasteiger partial charge in [0.15, 0.2) is 5.69 Å². The van der Waals surface area contributed by atoms with E-state index >= 15 is 0 Å². The standard InChI is InChI=1S/C15H19N5O3S/c1-24(22,23)17-12-7-9-19(10-8-12)15(21)14-11-20(18-16-14)13-5-3-2-4-6-13/h2-6,11-12,17H,7-10H2,1H3. The molecular formula is C15H19N5O3S. The lowest BCUT2D eigenvalue weighted by Crippen LogP contribution is -2.46. The summed E-state index contributed by atoms with van der Waals surface area (Å²) >= 11 is 0. The van der Waals surface area contributed by atoms with Gasteiger partial charge in [-0.1, -0.05) is 23.4 Å². The molecule has 0 atom stereocenters. The maximum absolute atomic E-state index is 12.5. The number of piperidine rings is 1. The topological polar surface area (TPSA) is 97.2 Å². The first-order valence-electron chi connectivity index (χ1n) is 7.67. The summed E-state index contributed by atoms with van der Waals surface area (Å²) in [5.74, 6) is -0.185. The van der Waals surface area contributed by atoms with Gasteiger partial charge in [0.05, 0.1) is 18.1 Å². The first kappa shape index (κ1) is 16.6. The second-order valence-electron chi connectivity index (χ2n) is 5.84. The minimum atomic E-state index is -3.22. The van der Waals surface area contributed by atoms with Crippen molar-refractivity contribution >= 4 is 15.9 Å². The summed E-state index contributed by atoms with van der Waals surface area (Å²) in [4.78, 5) is 14.2. The van der Waals surface area contributed by atoms with Gasteiger partial charge in [0.2, 0.25) is 10.0 Å². The fourth-order valence-electron chi connectivity index (χ4n) is 2.73. The van der Waals surface area contributed by atoms with Crippen molar-refractivity contribution in [1.82, 2.24) is 24.6 Å². The van der Waals surface area contributed by atoms with Gasteiger partial charge in [-0.15, -0.1) is 5.10 Å². The number of rotatable bonds is 4. The second-order valence-corrected chi connectivity index (χ2v) is 7.62. The van der Waals surface area contributed by atoms with Crippen LogP contribution >= 0.6 is 0 Å². The van der Waals surface area contributed by atoms with E-state index in [1.54, 1.807) is 15.8 Å². The highest BCUT2D eigenvalue weighted by atomic mass is 32.2. The fourth-order valence-corrected chi connectivity index (χ4v) is 3.58. The Labute approximate surface area is 140 Å². The number of carbonyl (C=O) groups is 1. The lowest BCUT2D eigenvalue weighted by atomic mass is 10.1. The molecule has 8 nitrogen and oxygen atoms in total. The second kappa shape index (κ2) is 6.70. The Morgan fingerprint density at radius 2 is 1.88 bits per heavy atom. The van der Waals surface area contributed by atoms with Crippen LogP contribution in [0.3, 0.4) is 0 Å². The van der Waals surface area contributed by atoms with Crippen LogP contribution in [0.5, 0.6) is 0 Å². The number of aromatic nitrogens is 3. The van der Waals surface area contributed by atoms with Gasteiger partial charge in [-0.3, -0.25) is 4.79 Å². The number of nitrogens with zero attached hydrogens (tertiary/aromatic N) is 4. The van der Waals surface area contributed by atoms with E-state index < -0.39 is 10.0 Å². The van der Waals surface area contributed by atoms with Crippen LogP contribution in [0.4, 0.5) is 0 Å². The Bertz CT molecular complexity index is 811. The lowest BCUT2D eigenvalue weighted by Gasteiger charge is -2.31. The van der Waals surface area contributed by atoms with Crippen molar-refractivity contribution in [2.45, 2.75) is 18.9 Å². The van der Waals surface area contributed by atoms with Crippen LogP contribution in [0.25, 0.3) is 5.69 Å². The summed E-state index contributed by atoms with van der Waals surface area (Å²) < 4.78 is 26.7. The number of hydrogen-bond donors (Lipinski definition) is 1. The summed E-state index contributed by atoms with van der Waals surface area (Å²) in [6.45, 7) is 0.981. The van der Waals surface area contributed by atoms with E-state index in [-0.39, 0.29) is 17.6 Å². The molecule has 3 rings (SSSR count). The number of hydrogen-bond acceptors (Lipinski definition) is 5. The summed E-state index contributed by atoms with van der Waals surface area (Å²) in [5.41, 5.74) is 1.12. The Balaban J connectivity index is 1.63. The molecule has 2 heterocycles. The first-order chi connectivity index (χ1) is 11.4. The Hall–Kier alpha value is -2.26. The molecule has 1 aliphatic heterocycles. The van der Waals surface area contributed by atoms with Crippen molar-refractivity contribution < 1.29 is 13.2 Å². The first-order valence-corrected chi connectivity index (χ1v) is 9.56. The maximum Gasteiger partial charge on any atom is 0.276 e. The molecule has 0 radical (unpaired) electrons. The van der Waals surface area contributed by atoms with E-state index in [4.69, 9.17) is 0 Å². The highest BCUT2D eigenvalue weighted by Gasteiger charge is 2.26. The molecule has 0 saturated carbocycles. The molecule has 1 aromatic heterocycles. The number of likely N-dealkylation sites (tertiary alicyclic amines) is 1. The minimum Gasteiger partial charge on any atom is -0.337 e. The van der Waals surface area contributed by atoms with Gasteiger partial charge in [-0.2, -0.15) is 0 Å². The van der Waals surface area contributed by atoms with Crippen molar-refractivity contribution in [3.8, 4) is 5.69 Å². The van der Waals surface area contributed by atoms with Crippen molar-refractivity contribution in [3.63, 3.8) is 0 Å². The number of nitrogens with one attached hydrogen (secondary N) is 1. The molecule has 2 aromatic rings. The van der Waals surface area contributed by atoms with Crippen LogP contribution < -0.4 is 4.72 Å². The lowest BCUT2D eigenvalue weighted by molar-refractivity contribution is 0.0705. The van der Waals surface area contributed by atoms with Crippen LogP contribution in [-0.4, -0.2) is 59.6 Å². The summed E-state index contributed by atoms with van der Waals surface area (Å²) in [7, 11) is -3.22. The van der Waals surface area contributed by atoms with E-state index in [1.165, 1.54) is 0 Å². The molecule has 0 unspecified atom stereocenters. The van der Waals surface area contributed by atoms with Crippen molar-refractivity contribution in [2.75, 3.05) is 19.3 Å². The molecule has 1 N–H and O–H groups in total. The van der Waals surface area contributed by atoms with Gasteiger partial charge in [0.1, 0.15) is 0 Å². The van der Waals surface area contributed by atoms with Crippen molar-refractivity contribution in [3.05, 3.63) is 42.2 Å². The van der Waals surface area contributed by atoms with Gasteiger partial charge < -0.3 is 4.90 Å². The zero-order valence-electron chi connectivity index (χ0n) is 13.3. The molecule has 128 valence electrons. The summed E-state index contributed by atoms with van der Waals surface area (Å²) in [5, 5.41) is 7.95. The van der Waals surface area contributed by atoms with E-state index in [0.29, 0.717) is 25.9 Å². The molecule has 1 amide bonds. The van der Waals surface area contributed by atoms with Gasteiger partial charge in [0.25, 0.3) is 5.91 Å². The monoisotopic (exact) mass is 349 g/mol. The van der Waals surface area contributed by atoms with Gasteiger partial charge >= 0.3 is 0 Å². The zero-order valence-corrected chi connectivity index (χ0v) is 14.1. The third-order valence-corrected chi connectivity index (χ3v) is 4.66. The number of para-hydroxylation sites is 1. The smallest absolute Gasteiger partial charge is 0.276 e. The fraction of sp³-hybridized carbons (Fsp3) is 0.400. The van der Waals surface area contributed by atoms with Crippen LogP contribution in [0.2, 0.25) is 0 Å². The van der Waals surface area contributed by atoms with Crippen molar-refractivity contribution in [2.24, 2.45) is 0 Å². The van der Waals surface area contributed by atoms with Crippen LogP contribution in [0.1, 0.15) is 23.3 Å². The Morgan fingerprint density at radius 1 is 1.21 bits per heavy atom. The Kier molecular flexibility index (Phi) is 4.63. The predicted octanol–water partition coefficient (Wildman–Crippen LogP) is 0.421. The third kappa shape index (κ3) is 3.98. The van der Waals surface area contributed by atoms with E-state index in [1.807, 2.05) is 30.3 Å². The van der Waals surface area contributed by atoms with E-state index in [9.17, 15) is 13.2 Å². The van der Waals surface area contributed by atoms with Crippen LogP contribution in [0, 0.1) is 0 Å². The molecular weight excluding hydrogens is 330 g/mol.